The number of nitrogens with zero attached hydrogens (tertiary/aromatic N) is 1. The van der Waals surface area contributed by atoms with Gasteiger partial charge in [-0.05, 0) is 45.2 Å². The Morgan fingerprint density at radius 1 is 1.43 bits per heavy atom. The number of hydrogen-bond donors (Lipinski definition) is 1. The largest absolute Gasteiger partial charge is 0.377 e. The molecule has 3 nitrogen and oxygen atoms in total. The van der Waals surface area contributed by atoms with Gasteiger partial charge in [-0.2, -0.15) is 0 Å². The third-order valence-corrected chi connectivity index (χ3v) is 3.69. The van der Waals surface area contributed by atoms with Gasteiger partial charge in [-0.15, -0.1) is 0 Å². The van der Waals surface area contributed by atoms with Crippen LogP contribution in [0.2, 0.25) is 0 Å². The van der Waals surface area contributed by atoms with Gasteiger partial charge in [-0.3, -0.25) is 4.90 Å². The molecule has 2 aliphatic heterocycles. The summed E-state index contributed by atoms with van der Waals surface area (Å²) in [7, 11) is 0. The molecule has 0 radical (unpaired) electrons. The van der Waals surface area contributed by atoms with Crippen molar-refractivity contribution >= 4 is 0 Å². The Morgan fingerprint density at radius 3 is 2.93 bits per heavy atom. The third kappa shape index (κ3) is 2.10. The summed E-state index contributed by atoms with van der Waals surface area (Å²) in [5.74, 6) is 0.719. The van der Waals surface area contributed by atoms with Crippen LogP contribution in [0.15, 0.2) is 0 Å². The SMILES string of the molecule is CC1OCCC1N1CCCC(CN)C1. The first-order valence-corrected chi connectivity index (χ1v) is 5.87. The molecule has 14 heavy (non-hydrogen) atoms. The Labute approximate surface area is 86.6 Å². The Hall–Kier alpha value is -0.120. The summed E-state index contributed by atoms with van der Waals surface area (Å²) in [6, 6.07) is 0.657. The summed E-state index contributed by atoms with van der Waals surface area (Å²) >= 11 is 0. The standard InChI is InChI=1S/C11H22N2O/c1-9-11(4-6-14-9)13-5-2-3-10(7-12)8-13/h9-11H,2-8,12H2,1H3. The van der Waals surface area contributed by atoms with Crippen LogP contribution in [0.1, 0.15) is 26.2 Å². The average Bonchev–Trinajstić information content (AvgIpc) is 2.65. The molecule has 0 aromatic rings. The highest BCUT2D eigenvalue weighted by atomic mass is 16.5. The van der Waals surface area contributed by atoms with Crippen molar-refractivity contribution in [2.24, 2.45) is 11.7 Å². The van der Waals surface area contributed by atoms with Gasteiger partial charge in [0.15, 0.2) is 0 Å². The van der Waals surface area contributed by atoms with E-state index in [1.807, 2.05) is 0 Å². The van der Waals surface area contributed by atoms with Crippen LogP contribution in [0, 0.1) is 5.92 Å². The van der Waals surface area contributed by atoms with Gasteiger partial charge >= 0.3 is 0 Å². The van der Waals surface area contributed by atoms with Crippen molar-refractivity contribution in [2.75, 3.05) is 26.2 Å². The molecular formula is C11H22N2O. The van der Waals surface area contributed by atoms with Crippen molar-refractivity contribution in [1.29, 1.82) is 0 Å². The van der Waals surface area contributed by atoms with Crippen LogP contribution < -0.4 is 5.73 Å². The van der Waals surface area contributed by atoms with E-state index in [1.54, 1.807) is 0 Å². The maximum absolute atomic E-state index is 5.74. The summed E-state index contributed by atoms with van der Waals surface area (Å²) in [6.07, 6.45) is 4.25. The highest BCUT2D eigenvalue weighted by Crippen LogP contribution is 2.24. The summed E-state index contributed by atoms with van der Waals surface area (Å²) in [5.41, 5.74) is 5.74. The molecule has 0 amide bonds. The first kappa shape index (κ1) is 10.4. The van der Waals surface area contributed by atoms with Gasteiger partial charge in [0.2, 0.25) is 0 Å². The molecule has 0 aromatic heterocycles. The van der Waals surface area contributed by atoms with E-state index in [0.717, 1.165) is 19.1 Å². The molecule has 2 aliphatic rings. The Kier molecular flexibility index (Phi) is 3.42. The van der Waals surface area contributed by atoms with Gasteiger partial charge in [0.25, 0.3) is 0 Å². The number of rotatable bonds is 2. The molecule has 2 heterocycles. The number of nitrogens with two attached hydrogens (primary N) is 1. The fourth-order valence-electron chi connectivity index (χ4n) is 2.79. The van der Waals surface area contributed by atoms with Gasteiger partial charge < -0.3 is 10.5 Å². The van der Waals surface area contributed by atoms with Gasteiger partial charge in [0.1, 0.15) is 0 Å². The molecule has 2 N–H and O–H groups in total. The second kappa shape index (κ2) is 4.60. The van der Waals surface area contributed by atoms with Crippen molar-refractivity contribution in [3.05, 3.63) is 0 Å². The van der Waals surface area contributed by atoms with E-state index in [9.17, 15) is 0 Å². The second-order valence-corrected chi connectivity index (χ2v) is 4.67. The van der Waals surface area contributed by atoms with E-state index in [-0.39, 0.29) is 0 Å². The van der Waals surface area contributed by atoms with Gasteiger partial charge in [-0.1, -0.05) is 0 Å². The summed E-state index contributed by atoms with van der Waals surface area (Å²) < 4.78 is 5.61. The summed E-state index contributed by atoms with van der Waals surface area (Å²) in [6.45, 7) is 6.42. The number of hydrogen-bond acceptors (Lipinski definition) is 3. The highest BCUT2D eigenvalue weighted by Gasteiger charge is 2.32. The fourth-order valence-corrected chi connectivity index (χ4v) is 2.79. The molecule has 2 fully saturated rings. The third-order valence-electron chi connectivity index (χ3n) is 3.69. The zero-order valence-electron chi connectivity index (χ0n) is 9.11. The molecule has 0 aromatic carbocycles. The lowest BCUT2D eigenvalue weighted by Crippen LogP contribution is -2.47. The van der Waals surface area contributed by atoms with Gasteiger partial charge in [-0.25, -0.2) is 0 Å². The van der Waals surface area contributed by atoms with Crippen LogP contribution in [0.25, 0.3) is 0 Å². The maximum Gasteiger partial charge on any atom is 0.0703 e. The monoisotopic (exact) mass is 198 g/mol. The minimum Gasteiger partial charge on any atom is -0.377 e. The molecule has 0 spiro atoms. The Bertz CT molecular complexity index is 186. The van der Waals surface area contributed by atoms with E-state index in [1.165, 1.54) is 32.4 Å². The molecule has 2 rings (SSSR count). The molecule has 3 heteroatoms. The van der Waals surface area contributed by atoms with E-state index < -0.39 is 0 Å². The predicted molar refractivity (Wildman–Crippen MR) is 57.2 cm³/mol. The Balaban J connectivity index is 1.90. The lowest BCUT2D eigenvalue weighted by atomic mass is 9.95. The zero-order chi connectivity index (χ0) is 9.97. The summed E-state index contributed by atoms with van der Waals surface area (Å²) in [4.78, 5) is 2.60. The minimum atomic E-state index is 0.423. The first-order chi connectivity index (χ1) is 6.81. The molecule has 0 saturated carbocycles. The maximum atomic E-state index is 5.74. The zero-order valence-corrected chi connectivity index (χ0v) is 9.11. The van der Waals surface area contributed by atoms with E-state index >= 15 is 0 Å². The molecule has 2 saturated heterocycles. The predicted octanol–water partition coefficient (Wildman–Crippen LogP) is 0.835. The van der Waals surface area contributed by atoms with Crippen LogP contribution in [0.5, 0.6) is 0 Å². The minimum absolute atomic E-state index is 0.423. The van der Waals surface area contributed by atoms with Gasteiger partial charge in [0.05, 0.1) is 6.10 Å². The quantitative estimate of drug-likeness (QED) is 0.714. The van der Waals surface area contributed by atoms with Crippen molar-refractivity contribution in [3.8, 4) is 0 Å². The van der Waals surface area contributed by atoms with Crippen molar-refractivity contribution in [3.63, 3.8) is 0 Å². The molecule has 0 bridgehead atoms. The van der Waals surface area contributed by atoms with Crippen molar-refractivity contribution in [1.82, 2.24) is 4.90 Å². The van der Waals surface area contributed by atoms with Gasteiger partial charge in [0, 0.05) is 19.2 Å². The molecule has 0 aliphatic carbocycles. The van der Waals surface area contributed by atoms with Crippen LogP contribution in [-0.2, 0) is 4.74 Å². The second-order valence-electron chi connectivity index (χ2n) is 4.67. The topological polar surface area (TPSA) is 38.5 Å². The molecule has 82 valence electrons. The highest BCUT2D eigenvalue weighted by molar-refractivity contribution is 4.86. The Morgan fingerprint density at radius 2 is 2.29 bits per heavy atom. The number of likely N-dealkylation sites (tertiary alicyclic amines) is 1. The van der Waals surface area contributed by atoms with Crippen LogP contribution >= 0.6 is 0 Å². The summed E-state index contributed by atoms with van der Waals surface area (Å²) in [5, 5.41) is 0. The van der Waals surface area contributed by atoms with Crippen LogP contribution in [0.4, 0.5) is 0 Å². The van der Waals surface area contributed by atoms with E-state index in [0.29, 0.717) is 12.1 Å². The lowest BCUT2D eigenvalue weighted by molar-refractivity contribution is 0.0541. The van der Waals surface area contributed by atoms with Crippen molar-refractivity contribution in [2.45, 2.75) is 38.3 Å². The smallest absolute Gasteiger partial charge is 0.0703 e. The molecule has 3 atom stereocenters. The molecule has 3 unspecified atom stereocenters. The first-order valence-electron chi connectivity index (χ1n) is 5.87. The average molecular weight is 198 g/mol. The van der Waals surface area contributed by atoms with E-state index in [2.05, 4.69) is 11.8 Å². The van der Waals surface area contributed by atoms with Crippen LogP contribution in [-0.4, -0.2) is 43.3 Å². The lowest BCUT2D eigenvalue weighted by Gasteiger charge is -2.37. The number of piperidine rings is 1. The van der Waals surface area contributed by atoms with Crippen LogP contribution in [0.3, 0.4) is 0 Å². The van der Waals surface area contributed by atoms with Crippen molar-refractivity contribution < 1.29 is 4.74 Å². The normalized spacial score (nSPS) is 40.3. The molecular weight excluding hydrogens is 176 g/mol. The number of ether oxygens (including phenoxy) is 1. The van der Waals surface area contributed by atoms with E-state index in [4.69, 9.17) is 10.5 Å². The fraction of sp³-hybridized carbons (Fsp3) is 1.00.